The van der Waals surface area contributed by atoms with Crippen LogP contribution in [0.2, 0.25) is 0 Å². The predicted molar refractivity (Wildman–Crippen MR) is 8.32 cm³/mol. The average molecular weight is 252 g/mol. The van der Waals surface area contributed by atoms with Crippen molar-refractivity contribution in [3.8, 4) is 0 Å². The van der Waals surface area contributed by atoms with Crippen molar-refractivity contribution in [2.75, 3.05) is 0 Å². The molecule has 0 amide bonds. The summed E-state index contributed by atoms with van der Waals surface area (Å²) in [7, 11) is 0. The predicted octanol–water partition coefficient (Wildman–Crippen LogP) is 0.931. The minimum absolute atomic E-state index is 0. The third-order valence-corrected chi connectivity index (χ3v) is 0. The first kappa shape index (κ1) is 17.8. The number of hydrogen-bond acceptors (Lipinski definition) is 2. The van der Waals surface area contributed by atoms with Crippen molar-refractivity contribution < 1.29 is 36.6 Å². The van der Waals surface area contributed by atoms with Gasteiger partial charge in [-0.3, -0.25) is 0 Å². The quantitative estimate of drug-likeness (QED) is 0.697. The topological polar surface area (TPSA) is 44.2 Å². The molecule has 0 heterocycles. The third kappa shape index (κ3) is 106. The Morgan fingerprint density at radius 3 is 1.20 bits per heavy atom. The molecule has 0 rings (SSSR count). The Morgan fingerprint density at radius 2 is 1.20 bits per heavy atom. The molecule has 0 aromatic rings. The molecule has 0 spiro atoms. The molecule has 1 radical (unpaired) electrons. The molecule has 0 aliphatic heterocycles. The molecule has 3 N–H and O–H groups in total. The molecular formula is H3F2NOTa. The van der Waals surface area contributed by atoms with E-state index in [9.17, 15) is 0 Å². The molecule has 2 nitrogen and oxygen atoms in total. The van der Waals surface area contributed by atoms with Crippen molar-refractivity contribution in [2.24, 2.45) is 0 Å². The molecule has 0 aromatic heterocycles. The van der Waals surface area contributed by atoms with Crippen molar-refractivity contribution in [1.82, 2.24) is 6.15 Å². The summed E-state index contributed by atoms with van der Waals surface area (Å²) in [6, 6.07) is 0. The van der Waals surface area contributed by atoms with E-state index < -0.39 is 0 Å². The molecular weight excluding hydrogens is 249 g/mol. The fourth-order valence-corrected chi connectivity index (χ4v) is 0. The van der Waals surface area contributed by atoms with Gasteiger partial charge in [0, 0.05) is 27.5 Å². The van der Waals surface area contributed by atoms with E-state index in [0.717, 1.165) is 0 Å². The summed E-state index contributed by atoms with van der Waals surface area (Å²) < 4.78 is 18.2. The molecule has 0 unspecified atom stereocenters. The van der Waals surface area contributed by atoms with Crippen LogP contribution < -0.4 is 6.15 Å². The smallest absolute Gasteiger partial charge is 0.0209 e. The van der Waals surface area contributed by atoms with E-state index in [1.165, 1.54) is 5.15 Å². The molecule has 0 bridgehead atoms. The average Bonchev–Trinajstić information content (AvgIpc) is 0.918. The van der Waals surface area contributed by atoms with Gasteiger partial charge in [0.2, 0.25) is 0 Å². The van der Waals surface area contributed by atoms with E-state index in [1.807, 2.05) is 0 Å². The Morgan fingerprint density at radius 1 is 1.20 bits per heavy atom. The second-order valence-electron chi connectivity index (χ2n) is 0.0583. The first-order valence-electron chi connectivity index (χ1n) is 0.309. The molecule has 0 atom stereocenters. The van der Waals surface area contributed by atoms with Crippen molar-refractivity contribution in [2.45, 2.75) is 0 Å². The zero-order valence-electron chi connectivity index (χ0n) is 2.32. The van der Waals surface area contributed by atoms with Gasteiger partial charge in [0.25, 0.3) is 0 Å². The Kier molecular flexibility index (Phi) is 86.1. The largest absolute Gasteiger partial charge is 0.344 e. The van der Waals surface area contributed by atoms with E-state index in [2.05, 4.69) is 0 Å². The second kappa shape index (κ2) is 24.2. The van der Waals surface area contributed by atoms with Crippen molar-refractivity contribution >= 4 is 0 Å². The third-order valence-electron chi connectivity index (χ3n) is 0. The van der Waals surface area contributed by atoms with Gasteiger partial charge < -0.3 is 6.15 Å². The summed E-state index contributed by atoms with van der Waals surface area (Å²) in [5.41, 5.74) is 0. The van der Waals surface area contributed by atoms with E-state index >= 15 is 0 Å². The van der Waals surface area contributed by atoms with Gasteiger partial charge in [0.05, 0.1) is 0 Å². The van der Waals surface area contributed by atoms with Crippen LogP contribution in [0.1, 0.15) is 0 Å². The maximum atomic E-state index is 9.12. The van der Waals surface area contributed by atoms with E-state index in [0.29, 0.717) is 0 Å². The molecule has 0 saturated heterocycles. The van der Waals surface area contributed by atoms with E-state index in [1.54, 1.807) is 0 Å². The number of halogens is 2. The molecule has 5 heteroatoms. The van der Waals surface area contributed by atoms with Crippen LogP contribution >= 0.6 is 0 Å². The van der Waals surface area contributed by atoms with Crippen LogP contribution in [-0.4, -0.2) is 0 Å². The molecule has 0 aliphatic carbocycles. The minimum atomic E-state index is 0. The maximum absolute atomic E-state index is 9.12. The van der Waals surface area contributed by atoms with Crippen molar-refractivity contribution in [3.05, 3.63) is 0 Å². The maximum Gasteiger partial charge on any atom is 0.0209 e. The Balaban J connectivity index is -0.0000000200. The normalized spacial score (nSPS) is 3.60. The van der Waals surface area contributed by atoms with Gasteiger partial charge in [0.1, 0.15) is 0 Å². The van der Waals surface area contributed by atoms with Crippen LogP contribution in [0, 0.1) is 0 Å². The minimum Gasteiger partial charge on any atom is -0.344 e. The van der Waals surface area contributed by atoms with Gasteiger partial charge in [0.15, 0.2) is 0 Å². The Hall–Kier alpha value is 0.520. The number of rotatable bonds is 0. The van der Waals surface area contributed by atoms with Gasteiger partial charge in [-0.2, -0.15) is 0 Å². The van der Waals surface area contributed by atoms with E-state index in [-0.39, 0.29) is 28.5 Å². The zero-order chi connectivity index (χ0) is 2.71. The van der Waals surface area contributed by atoms with Crippen LogP contribution in [0.5, 0.6) is 0 Å². The monoisotopic (exact) mass is 252 g/mol. The Labute approximate surface area is 43.4 Å². The summed E-state index contributed by atoms with van der Waals surface area (Å²) >= 11 is 0. The molecule has 0 saturated carbocycles. The van der Waals surface area contributed by atoms with Crippen LogP contribution in [0.25, 0.3) is 0 Å². The molecule has 0 aromatic carbocycles. The van der Waals surface area contributed by atoms with Gasteiger partial charge in [-0.25, -0.2) is 0 Å². The second-order valence-corrected chi connectivity index (χ2v) is 0.0583. The van der Waals surface area contributed by atoms with Crippen molar-refractivity contribution in [1.29, 1.82) is 0 Å². The summed E-state index contributed by atoms with van der Waals surface area (Å²) in [5, 5.41) is 1.25. The summed E-state index contributed by atoms with van der Waals surface area (Å²) in [4.78, 5) is 0. The Bertz CT molecular complexity index is 9.61. The van der Waals surface area contributed by atoms with Crippen LogP contribution in [0.4, 0.5) is 9.05 Å². The molecule has 0 fully saturated rings. The zero-order valence-corrected chi connectivity index (χ0v) is 5.53. The summed E-state index contributed by atoms with van der Waals surface area (Å²) in [5.74, 6) is 0. The summed E-state index contributed by atoms with van der Waals surface area (Å²) in [6.07, 6.45) is 0. The fourth-order valence-electron chi connectivity index (χ4n) is 0. The summed E-state index contributed by atoms with van der Waals surface area (Å²) in [6.45, 7) is 0. The molecule has 0 aliphatic rings. The van der Waals surface area contributed by atoms with E-state index in [4.69, 9.17) is 9.05 Å². The number of hydrogen-bond donors (Lipinski definition) is 1. The van der Waals surface area contributed by atoms with Gasteiger partial charge in [-0.15, -0.1) is 0 Å². The van der Waals surface area contributed by atoms with Crippen LogP contribution in [-0.2, 0) is 27.5 Å². The van der Waals surface area contributed by atoms with Crippen LogP contribution in [0.3, 0.4) is 0 Å². The standard InChI is InChI=1S/F2O.H3N.Ta/c1-3-2;;/h;1H3;. The SMILES string of the molecule is FOF.N.[Ta]. The van der Waals surface area contributed by atoms with Gasteiger partial charge in [-0.1, -0.05) is 0 Å². The first-order chi connectivity index (χ1) is 1.41. The van der Waals surface area contributed by atoms with Crippen molar-refractivity contribution in [3.63, 3.8) is 0 Å². The van der Waals surface area contributed by atoms with Gasteiger partial charge in [-0.05, 0) is 9.05 Å². The van der Waals surface area contributed by atoms with Gasteiger partial charge >= 0.3 is 0 Å². The molecule has 5 heavy (non-hydrogen) atoms. The van der Waals surface area contributed by atoms with Crippen LogP contribution in [0.15, 0.2) is 0 Å². The molecule has 33 valence electrons. The first-order valence-corrected chi connectivity index (χ1v) is 0.309. The fraction of sp³-hybridized carbons (Fsp3) is 0.